The van der Waals surface area contributed by atoms with Gasteiger partial charge in [-0.2, -0.15) is 0 Å². The molecule has 102 valence electrons. The Kier molecular flexibility index (Phi) is 8.17. The predicted octanol–water partition coefficient (Wildman–Crippen LogP) is 1.29. The van der Waals surface area contributed by atoms with Gasteiger partial charge in [0, 0.05) is 6.54 Å². The smallest absolute Gasteiger partial charge is 0.237 e. The number of carbonyl (C=O) groups excluding carboxylic acids is 1. The molecule has 1 amide bonds. The van der Waals surface area contributed by atoms with Crippen LogP contribution in [0.3, 0.4) is 0 Å². The van der Waals surface area contributed by atoms with Gasteiger partial charge in [0.15, 0.2) is 0 Å². The molecule has 1 atom stereocenters. The van der Waals surface area contributed by atoms with E-state index in [2.05, 4.69) is 17.6 Å². The Morgan fingerprint density at radius 3 is 2.35 bits per heavy atom. The second-order valence-corrected chi connectivity index (χ2v) is 5.47. The third-order valence-corrected chi connectivity index (χ3v) is 2.67. The Morgan fingerprint density at radius 2 is 1.88 bits per heavy atom. The van der Waals surface area contributed by atoms with Crippen molar-refractivity contribution in [2.24, 2.45) is 5.41 Å². The highest BCUT2D eigenvalue weighted by Crippen LogP contribution is 2.19. The highest BCUT2D eigenvalue weighted by molar-refractivity contribution is 5.82. The standard InChI is InChI=1S/C13H28N2O2/c1-5-6-7-8-14-11(13(2,3)4)12(17)15-9-10-16/h11,14,16H,5-10H2,1-4H3,(H,15,17). The SMILES string of the molecule is CCCCCNC(C(=O)NCCO)C(C)(C)C. The molecule has 0 heterocycles. The molecule has 0 fully saturated rings. The van der Waals surface area contributed by atoms with Gasteiger partial charge in [0.2, 0.25) is 5.91 Å². The van der Waals surface area contributed by atoms with Crippen LogP contribution < -0.4 is 10.6 Å². The topological polar surface area (TPSA) is 61.4 Å². The minimum atomic E-state index is -0.203. The summed E-state index contributed by atoms with van der Waals surface area (Å²) in [6, 6.07) is -0.203. The molecule has 0 spiro atoms. The van der Waals surface area contributed by atoms with Gasteiger partial charge in [0.05, 0.1) is 12.6 Å². The van der Waals surface area contributed by atoms with Gasteiger partial charge in [-0.1, -0.05) is 40.5 Å². The third kappa shape index (κ3) is 7.34. The van der Waals surface area contributed by atoms with Crippen LogP contribution in [0.4, 0.5) is 0 Å². The quantitative estimate of drug-likeness (QED) is 0.564. The Morgan fingerprint density at radius 1 is 1.24 bits per heavy atom. The fourth-order valence-corrected chi connectivity index (χ4v) is 1.69. The fourth-order valence-electron chi connectivity index (χ4n) is 1.69. The summed E-state index contributed by atoms with van der Waals surface area (Å²) in [6.07, 6.45) is 3.46. The van der Waals surface area contributed by atoms with Crippen molar-refractivity contribution >= 4 is 5.91 Å². The number of hydrogen-bond donors (Lipinski definition) is 3. The summed E-state index contributed by atoms with van der Waals surface area (Å²) in [4.78, 5) is 11.9. The van der Waals surface area contributed by atoms with Gasteiger partial charge >= 0.3 is 0 Å². The number of hydrogen-bond acceptors (Lipinski definition) is 3. The van der Waals surface area contributed by atoms with Crippen molar-refractivity contribution in [3.8, 4) is 0 Å². The van der Waals surface area contributed by atoms with Gasteiger partial charge in [-0.25, -0.2) is 0 Å². The zero-order valence-corrected chi connectivity index (χ0v) is 11.7. The molecule has 0 aliphatic heterocycles. The van der Waals surface area contributed by atoms with Crippen LogP contribution in [0.15, 0.2) is 0 Å². The van der Waals surface area contributed by atoms with Crippen molar-refractivity contribution in [1.82, 2.24) is 10.6 Å². The van der Waals surface area contributed by atoms with Gasteiger partial charge in [0.1, 0.15) is 0 Å². The van der Waals surface area contributed by atoms with Crippen LogP contribution in [0.25, 0.3) is 0 Å². The monoisotopic (exact) mass is 244 g/mol. The first-order valence-electron chi connectivity index (χ1n) is 6.55. The van der Waals surface area contributed by atoms with Crippen LogP contribution in [-0.4, -0.2) is 36.8 Å². The van der Waals surface area contributed by atoms with Gasteiger partial charge in [0.25, 0.3) is 0 Å². The first-order chi connectivity index (χ1) is 7.93. The van der Waals surface area contributed by atoms with Crippen LogP contribution in [-0.2, 0) is 4.79 Å². The molecule has 0 bridgehead atoms. The van der Waals surface area contributed by atoms with Crippen LogP contribution >= 0.6 is 0 Å². The molecule has 0 aromatic rings. The lowest BCUT2D eigenvalue weighted by Crippen LogP contribution is -2.52. The molecular weight excluding hydrogens is 216 g/mol. The molecule has 0 aromatic carbocycles. The molecule has 4 heteroatoms. The summed E-state index contributed by atoms with van der Waals surface area (Å²) < 4.78 is 0. The first-order valence-corrected chi connectivity index (χ1v) is 6.55. The highest BCUT2D eigenvalue weighted by atomic mass is 16.3. The molecule has 4 nitrogen and oxygen atoms in total. The van der Waals surface area contributed by atoms with Crippen LogP contribution in [0.5, 0.6) is 0 Å². The molecule has 0 aromatic heterocycles. The lowest BCUT2D eigenvalue weighted by atomic mass is 9.86. The first kappa shape index (κ1) is 16.4. The lowest BCUT2D eigenvalue weighted by Gasteiger charge is -2.30. The van der Waals surface area contributed by atoms with Crippen molar-refractivity contribution in [2.45, 2.75) is 53.0 Å². The predicted molar refractivity (Wildman–Crippen MR) is 70.9 cm³/mol. The molecule has 0 saturated heterocycles. The van der Waals surface area contributed by atoms with E-state index in [0.29, 0.717) is 6.54 Å². The second kappa shape index (κ2) is 8.48. The van der Waals surface area contributed by atoms with Crippen molar-refractivity contribution in [3.63, 3.8) is 0 Å². The number of amides is 1. The normalized spacial score (nSPS) is 13.5. The summed E-state index contributed by atoms with van der Waals surface area (Å²) in [6.45, 7) is 9.47. The number of aliphatic hydroxyl groups excluding tert-OH is 1. The molecule has 0 aliphatic carbocycles. The largest absolute Gasteiger partial charge is 0.395 e. The number of rotatable bonds is 8. The summed E-state index contributed by atoms with van der Waals surface area (Å²) in [5, 5.41) is 14.7. The Labute approximate surface area is 105 Å². The molecule has 0 aliphatic rings. The molecular formula is C13H28N2O2. The van der Waals surface area contributed by atoms with Crippen molar-refractivity contribution in [2.75, 3.05) is 19.7 Å². The molecule has 1 unspecified atom stereocenters. The van der Waals surface area contributed by atoms with Crippen molar-refractivity contribution in [1.29, 1.82) is 0 Å². The minimum absolute atomic E-state index is 0.0154. The number of carbonyl (C=O) groups is 1. The van der Waals surface area contributed by atoms with Crippen molar-refractivity contribution < 1.29 is 9.90 Å². The zero-order chi connectivity index (χ0) is 13.3. The maximum atomic E-state index is 11.9. The van der Waals surface area contributed by atoms with E-state index in [0.717, 1.165) is 13.0 Å². The van der Waals surface area contributed by atoms with E-state index in [1.165, 1.54) is 12.8 Å². The fraction of sp³-hybridized carbons (Fsp3) is 0.923. The third-order valence-electron chi connectivity index (χ3n) is 2.67. The Balaban J connectivity index is 4.19. The van der Waals surface area contributed by atoms with Gasteiger partial charge in [-0.05, 0) is 18.4 Å². The van der Waals surface area contributed by atoms with Crippen molar-refractivity contribution in [3.05, 3.63) is 0 Å². The van der Waals surface area contributed by atoms with E-state index in [9.17, 15) is 4.79 Å². The van der Waals surface area contributed by atoms with E-state index in [-0.39, 0.29) is 24.0 Å². The molecule has 0 rings (SSSR count). The lowest BCUT2D eigenvalue weighted by molar-refractivity contribution is -0.125. The summed E-state index contributed by atoms with van der Waals surface area (Å²) in [5.74, 6) is -0.0250. The van der Waals surface area contributed by atoms with Gasteiger partial charge in [-0.3, -0.25) is 4.79 Å². The Bertz CT molecular complexity index is 212. The molecule has 0 saturated carbocycles. The highest BCUT2D eigenvalue weighted by Gasteiger charge is 2.30. The zero-order valence-electron chi connectivity index (χ0n) is 11.7. The van der Waals surface area contributed by atoms with Crippen LogP contribution in [0.1, 0.15) is 47.0 Å². The second-order valence-electron chi connectivity index (χ2n) is 5.47. The molecule has 0 radical (unpaired) electrons. The average Bonchev–Trinajstić information content (AvgIpc) is 2.24. The summed E-state index contributed by atoms with van der Waals surface area (Å²) in [7, 11) is 0. The van der Waals surface area contributed by atoms with E-state index in [1.54, 1.807) is 0 Å². The van der Waals surface area contributed by atoms with E-state index in [1.807, 2.05) is 20.8 Å². The maximum Gasteiger partial charge on any atom is 0.237 e. The van der Waals surface area contributed by atoms with E-state index < -0.39 is 0 Å². The minimum Gasteiger partial charge on any atom is -0.395 e. The summed E-state index contributed by atoms with van der Waals surface area (Å²) in [5.41, 5.74) is -0.119. The van der Waals surface area contributed by atoms with Gasteiger partial charge < -0.3 is 15.7 Å². The molecule has 17 heavy (non-hydrogen) atoms. The average molecular weight is 244 g/mol. The van der Waals surface area contributed by atoms with Crippen LogP contribution in [0, 0.1) is 5.41 Å². The van der Waals surface area contributed by atoms with Crippen LogP contribution in [0.2, 0.25) is 0 Å². The van der Waals surface area contributed by atoms with E-state index >= 15 is 0 Å². The number of unbranched alkanes of at least 4 members (excludes halogenated alkanes) is 2. The number of aliphatic hydroxyl groups is 1. The molecule has 3 N–H and O–H groups in total. The Hall–Kier alpha value is -0.610. The van der Waals surface area contributed by atoms with Gasteiger partial charge in [-0.15, -0.1) is 0 Å². The number of nitrogens with one attached hydrogen (secondary N) is 2. The summed E-state index contributed by atoms with van der Waals surface area (Å²) >= 11 is 0. The van der Waals surface area contributed by atoms with E-state index in [4.69, 9.17) is 5.11 Å². The maximum absolute atomic E-state index is 11.9.